The summed E-state index contributed by atoms with van der Waals surface area (Å²) in [6.45, 7) is 2.42. The first kappa shape index (κ1) is 17.7. The standard InChI is InChI=1S/C16H14Cl3NO3/c1-2-22-15-7-10(8-20-21)6-14(19)16(15)23-9-11-12(17)4-3-5-13(11)18/h3-8,21H,2,9H2,1H3. The highest BCUT2D eigenvalue weighted by Crippen LogP contribution is 2.37. The normalized spacial score (nSPS) is 11.0. The van der Waals surface area contributed by atoms with Crippen molar-refractivity contribution in [2.75, 3.05) is 6.61 Å². The van der Waals surface area contributed by atoms with Crippen molar-refractivity contribution in [3.05, 3.63) is 56.5 Å². The summed E-state index contributed by atoms with van der Waals surface area (Å²) in [6, 6.07) is 8.50. The molecule has 0 saturated carbocycles. The zero-order chi connectivity index (χ0) is 16.8. The van der Waals surface area contributed by atoms with Crippen LogP contribution in [0.25, 0.3) is 0 Å². The van der Waals surface area contributed by atoms with Crippen molar-refractivity contribution in [2.45, 2.75) is 13.5 Å². The third kappa shape index (κ3) is 4.44. The number of benzene rings is 2. The first-order valence-corrected chi connectivity index (χ1v) is 7.89. The minimum atomic E-state index is 0.145. The predicted octanol–water partition coefficient (Wildman–Crippen LogP) is 5.43. The van der Waals surface area contributed by atoms with Gasteiger partial charge in [0.15, 0.2) is 11.5 Å². The van der Waals surface area contributed by atoms with Crippen LogP contribution >= 0.6 is 34.8 Å². The Morgan fingerprint density at radius 2 is 1.78 bits per heavy atom. The number of nitrogens with zero attached hydrogens (tertiary/aromatic N) is 1. The van der Waals surface area contributed by atoms with E-state index in [-0.39, 0.29) is 6.61 Å². The van der Waals surface area contributed by atoms with Crippen molar-refractivity contribution in [1.29, 1.82) is 0 Å². The van der Waals surface area contributed by atoms with E-state index in [0.29, 0.717) is 44.3 Å². The summed E-state index contributed by atoms with van der Waals surface area (Å²) in [4.78, 5) is 0. The molecule has 0 atom stereocenters. The Balaban J connectivity index is 2.31. The van der Waals surface area contributed by atoms with Gasteiger partial charge < -0.3 is 14.7 Å². The van der Waals surface area contributed by atoms with E-state index >= 15 is 0 Å². The van der Waals surface area contributed by atoms with E-state index in [1.807, 2.05) is 6.92 Å². The highest BCUT2D eigenvalue weighted by molar-refractivity contribution is 6.36. The highest BCUT2D eigenvalue weighted by atomic mass is 35.5. The molecule has 0 radical (unpaired) electrons. The van der Waals surface area contributed by atoms with Gasteiger partial charge in [-0.2, -0.15) is 0 Å². The lowest BCUT2D eigenvalue weighted by molar-refractivity contribution is 0.269. The van der Waals surface area contributed by atoms with Gasteiger partial charge >= 0.3 is 0 Å². The zero-order valence-electron chi connectivity index (χ0n) is 12.2. The van der Waals surface area contributed by atoms with Gasteiger partial charge in [0, 0.05) is 21.2 Å². The molecule has 7 heteroatoms. The van der Waals surface area contributed by atoms with Crippen molar-refractivity contribution >= 4 is 41.0 Å². The Morgan fingerprint density at radius 3 is 2.39 bits per heavy atom. The van der Waals surface area contributed by atoms with Crippen LogP contribution in [0, 0.1) is 0 Å². The van der Waals surface area contributed by atoms with E-state index in [1.54, 1.807) is 30.3 Å². The van der Waals surface area contributed by atoms with Crippen molar-refractivity contribution in [3.63, 3.8) is 0 Å². The van der Waals surface area contributed by atoms with Crippen LogP contribution in [0.2, 0.25) is 15.1 Å². The third-order valence-electron chi connectivity index (χ3n) is 2.96. The SMILES string of the molecule is CCOc1cc(C=NO)cc(Cl)c1OCc1c(Cl)cccc1Cl. The lowest BCUT2D eigenvalue weighted by Crippen LogP contribution is -2.02. The molecule has 2 rings (SSSR count). The second-order valence-corrected chi connectivity index (χ2v) is 5.72. The first-order valence-electron chi connectivity index (χ1n) is 6.76. The highest BCUT2D eigenvalue weighted by Gasteiger charge is 2.14. The summed E-state index contributed by atoms with van der Waals surface area (Å²) in [6.07, 6.45) is 1.25. The van der Waals surface area contributed by atoms with Gasteiger partial charge in [0.1, 0.15) is 6.61 Å². The maximum atomic E-state index is 8.64. The average molecular weight is 375 g/mol. The van der Waals surface area contributed by atoms with Crippen LogP contribution in [0.15, 0.2) is 35.5 Å². The Labute approximate surface area is 149 Å². The molecule has 0 aliphatic rings. The second-order valence-electron chi connectivity index (χ2n) is 4.50. The van der Waals surface area contributed by atoms with Crippen LogP contribution in [0.5, 0.6) is 11.5 Å². The molecule has 0 aromatic heterocycles. The average Bonchev–Trinajstić information content (AvgIpc) is 2.49. The van der Waals surface area contributed by atoms with Crippen LogP contribution in [-0.2, 0) is 6.61 Å². The monoisotopic (exact) mass is 373 g/mol. The van der Waals surface area contributed by atoms with Crippen LogP contribution < -0.4 is 9.47 Å². The zero-order valence-corrected chi connectivity index (χ0v) is 14.5. The number of oxime groups is 1. The molecule has 0 aliphatic heterocycles. The lowest BCUT2D eigenvalue weighted by Gasteiger charge is -2.15. The molecule has 2 aromatic carbocycles. The van der Waals surface area contributed by atoms with Gasteiger partial charge in [0.25, 0.3) is 0 Å². The van der Waals surface area contributed by atoms with Crippen LogP contribution in [-0.4, -0.2) is 18.0 Å². The summed E-state index contributed by atoms with van der Waals surface area (Å²) in [5.74, 6) is 0.817. The lowest BCUT2D eigenvalue weighted by atomic mass is 10.2. The van der Waals surface area contributed by atoms with Crippen molar-refractivity contribution in [1.82, 2.24) is 0 Å². The molecule has 0 heterocycles. The number of hydrogen-bond donors (Lipinski definition) is 1. The summed E-state index contributed by atoms with van der Waals surface area (Å²) < 4.78 is 11.3. The first-order chi connectivity index (χ1) is 11.1. The van der Waals surface area contributed by atoms with E-state index in [0.717, 1.165) is 0 Å². The molecule has 2 aromatic rings. The predicted molar refractivity (Wildman–Crippen MR) is 92.8 cm³/mol. The smallest absolute Gasteiger partial charge is 0.180 e. The summed E-state index contributed by atoms with van der Waals surface area (Å²) in [7, 11) is 0. The summed E-state index contributed by atoms with van der Waals surface area (Å²) >= 11 is 18.5. The number of rotatable bonds is 6. The van der Waals surface area contributed by atoms with Gasteiger partial charge in [0.2, 0.25) is 0 Å². The Bertz CT molecular complexity index is 700. The number of hydrogen-bond acceptors (Lipinski definition) is 4. The molecule has 0 unspecified atom stereocenters. The van der Waals surface area contributed by atoms with E-state index in [1.165, 1.54) is 6.21 Å². The Hall–Kier alpha value is -1.62. The minimum absolute atomic E-state index is 0.145. The fourth-order valence-corrected chi connectivity index (χ4v) is 2.73. The molecule has 0 bridgehead atoms. The third-order valence-corrected chi connectivity index (χ3v) is 3.95. The van der Waals surface area contributed by atoms with Crippen molar-refractivity contribution in [3.8, 4) is 11.5 Å². The Kier molecular flexibility index (Phi) is 6.39. The van der Waals surface area contributed by atoms with Gasteiger partial charge in [-0.3, -0.25) is 0 Å². The summed E-state index contributed by atoms with van der Waals surface area (Å²) in [5, 5.41) is 13.0. The topological polar surface area (TPSA) is 51.0 Å². The maximum Gasteiger partial charge on any atom is 0.180 e. The molecule has 0 fully saturated rings. The molecule has 1 N–H and O–H groups in total. The van der Waals surface area contributed by atoms with Crippen LogP contribution in [0.3, 0.4) is 0 Å². The van der Waals surface area contributed by atoms with Gasteiger partial charge in [-0.1, -0.05) is 46.0 Å². The van der Waals surface area contributed by atoms with E-state index in [2.05, 4.69) is 5.16 Å². The van der Waals surface area contributed by atoms with Gasteiger partial charge in [-0.25, -0.2) is 0 Å². The van der Waals surface area contributed by atoms with Gasteiger partial charge in [-0.05, 0) is 31.2 Å². The minimum Gasteiger partial charge on any atom is -0.490 e. The summed E-state index contributed by atoms with van der Waals surface area (Å²) in [5.41, 5.74) is 1.25. The molecule has 0 aliphatic carbocycles. The number of ether oxygens (including phenoxy) is 2. The maximum absolute atomic E-state index is 8.64. The quantitative estimate of drug-likeness (QED) is 0.416. The Morgan fingerprint density at radius 1 is 1.09 bits per heavy atom. The van der Waals surface area contributed by atoms with E-state index < -0.39 is 0 Å². The van der Waals surface area contributed by atoms with Crippen molar-refractivity contribution in [2.24, 2.45) is 5.16 Å². The molecule has 122 valence electrons. The van der Waals surface area contributed by atoms with Gasteiger partial charge in [-0.15, -0.1) is 0 Å². The molecule has 4 nitrogen and oxygen atoms in total. The van der Waals surface area contributed by atoms with Crippen LogP contribution in [0.1, 0.15) is 18.1 Å². The molecule has 0 amide bonds. The largest absolute Gasteiger partial charge is 0.490 e. The molecule has 0 spiro atoms. The molecular weight excluding hydrogens is 361 g/mol. The molecular formula is C16H14Cl3NO3. The van der Waals surface area contributed by atoms with Gasteiger partial charge in [0.05, 0.1) is 17.8 Å². The fraction of sp³-hybridized carbons (Fsp3) is 0.188. The van der Waals surface area contributed by atoms with E-state index in [4.69, 9.17) is 49.5 Å². The number of halogens is 3. The van der Waals surface area contributed by atoms with Crippen molar-refractivity contribution < 1.29 is 14.7 Å². The second kappa shape index (κ2) is 8.29. The van der Waals surface area contributed by atoms with Crippen LogP contribution in [0.4, 0.5) is 0 Å². The molecule has 0 saturated heterocycles. The fourth-order valence-electron chi connectivity index (χ4n) is 1.95. The van der Waals surface area contributed by atoms with E-state index in [9.17, 15) is 0 Å². The molecule has 23 heavy (non-hydrogen) atoms.